The van der Waals surface area contributed by atoms with E-state index >= 15 is 0 Å². The second-order valence-electron chi connectivity index (χ2n) is 6.90. The fourth-order valence-corrected chi connectivity index (χ4v) is 4.94. The SMILES string of the molecule is Clc1nc2cc3c(cc2nc1Cl)C1c2ccccc2C3c2ccccc21. The summed E-state index contributed by atoms with van der Waals surface area (Å²) in [5, 5.41) is 0.502. The normalized spacial score (nSPS) is 19.2. The average molecular weight is 375 g/mol. The fraction of sp³-hybridized carbons (Fsp3) is 0.0909. The van der Waals surface area contributed by atoms with Crippen molar-refractivity contribution >= 4 is 34.2 Å². The molecule has 3 aliphatic carbocycles. The number of halogens is 2. The van der Waals surface area contributed by atoms with Gasteiger partial charge in [-0.15, -0.1) is 0 Å². The fourth-order valence-electron chi connectivity index (χ4n) is 4.67. The molecule has 0 amide bonds. The Morgan fingerprint density at radius 1 is 0.538 bits per heavy atom. The first-order chi connectivity index (χ1) is 12.7. The second-order valence-corrected chi connectivity index (χ2v) is 7.61. The van der Waals surface area contributed by atoms with E-state index in [4.69, 9.17) is 23.2 Å². The molecule has 0 spiro atoms. The van der Waals surface area contributed by atoms with Crippen molar-refractivity contribution < 1.29 is 0 Å². The molecule has 0 N–H and O–H groups in total. The lowest BCUT2D eigenvalue weighted by Gasteiger charge is -2.42. The topological polar surface area (TPSA) is 25.8 Å². The van der Waals surface area contributed by atoms with Crippen molar-refractivity contribution in [3.63, 3.8) is 0 Å². The van der Waals surface area contributed by atoms with Crippen LogP contribution in [-0.4, -0.2) is 9.97 Å². The van der Waals surface area contributed by atoms with Gasteiger partial charge in [0.05, 0.1) is 11.0 Å². The van der Waals surface area contributed by atoms with Crippen molar-refractivity contribution in [2.24, 2.45) is 0 Å². The zero-order valence-electron chi connectivity index (χ0n) is 13.6. The number of rotatable bonds is 0. The number of fused-ring (bicyclic) bond motifs is 1. The summed E-state index contributed by atoms with van der Waals surface area (Å²) in [6.07, 6.45) is 0. The van der Waals surface area contributed by atoms with E-state index < -0.39 is 0 Å². The van der Waals surface area contributed by atoms with Gasteiger partial charge in [0.2, 0.25) is 0 Å². The number of aromatic nitrogens is 2. The Hall–Kier alpha value is -2.42. The zero-order chi connectivity index (χ0) is 17.4. The molecule has 0 saturated carbocycles. The van der Waals surface area contributed by atoms with Gasteiger partial charge in [-0.3, -0.25) is 0 Å². The standard InChI is InChI=1S/C22H12Cl2N2/c23-21-22(24)26-18-10-16-15(9-17(18)25-21)19-11-5-1-2-6-12(11)20(16)14-8-4-3-7-13(14)19/h1-10,19-20H. The average Bonchev–Trinajstić information content (AvgIpc) is 2.67. The van der Waals surface area contributed by atoms with Crippen molar-refractivity contribution in [1.82, 2.24) is 9.97 Å². The van der Waals surface area contributed by atoms with E-state index in [1.807, 2.05) is 0 Å². The minimum atomic E-state index is 0.225. The summed E-state index contributed by atoms with van der Waals surface area (Å²) >= 11 is 12.2. The van der Waals surface area contributed by atoms with Gasteiger partial charge in [-0.1, -0.05) is 71.7 Å². The summed E-state index contributed by atoms with van der Waals surface area (Å²) in [6.45, 7) is 0. The van der Waals surface area contributed by atoms with Crippen LogP contribution in [0.5, 0.6) is 0 Å². The Morgan fingerprint density at radius 3 is 1.23 bits per heavy atom. The maximum atomic E-state index is 6.11. The molecule has 26 heavy (non-hydrogen) atoms. The van der Waals surface area contributed by atoms with E-state index in [0.717, 1.165) is 11.0 Å². The highest BCUT2D eigenvalue weighted by Crippen LogP contribution is 2.56. The first kappa shape index (κ1) is 14.7. The zero-order valence-corrected chi connectivity index (χ0v) is 15.1. The molecule has 0 unspecified atom stereocenters. The summed E-state index contributed by atoms with van der Waals surface area (Å²) in [5.41, 5.74) is 9.72. The van der Waals surface area contributed by atoms with Gasteiger partial charge in [-0.25, -0.2) is 9.97 Å². The predicted octanol–water partition coefficient (Wildman–Crippen LogP) is 5.92. The molecular weight excluding hydrogens is 363 g/mol. The minimum Gasteiger partial charge on any atom is -0.231 e. The summed E-state index contributed by atoms with van der Waals surface area (Å²) in [7, 11) is 0. The first-order valence-electron chi connectivity index (χ1n) is 8.56. The van der Waals surface area contributed by atoms with Crippen molar-refractivity contribution in [2.75, 3.05) is 0 Å². The van der Waals surface area contributed by atoms with Gasteiger partial charge in [0, 0.05) is 11.8 Å². The molecule has 3 aliphatic rings. The van der Waals surface area contributed by atoms with E-state index in [1.165, 1.54) is 33.4 Å². The monoisotopic (exact) mass is 374 g/mol. The van der Waals surface area contributed by atoms with Crippen molar-refractivity contribution in [1.29, 1.82) is 0 Å². The van der Waals surface area contributed by atoms with Crippen molar-refractivity contribution in [2.45, 2.75) is 11.8 Å². The van der Waals surface area contributed by atoms with Gasteiger partial charge in [0.15, 0.2) is 10.3 Å². The lowest BCUT2D eigenvalue weighted by atomic mass is 9.61. The maximum Gasteiger partial charge on any atom is 0.167 e. The van der Waals surface area contributed by atoms with E-state index in [2.05, 4.69) is 70.6 Å². The molecule has 0 aliphatic heterocycles. The highest BCUT2D eigenvalue weighted by Gasteiger charge is 2.41. The third kappa shape index (κ3) is 1.78. The first-order valence-corrected chi connectivity index (χ1v) is 9.32. The number of hydrogen-bond acceptors (Lipinski definition) is 2. The number of nitrogens with zero attached hydrogens (tertiary/aromatic N) is 2. The molecular formula is C22H12Cl2N2. The van der Waals surface area contributed by atoms with Crippen LogP contribution in [0.1, 0.15) is 45.2 Å². The van der Waals surface area contributed by atoms with Gasteiger partial charge in [-0.2, -0.15) is 0 Å². The lowest BCUT2D eigenvalue weighted by molar-refractivity contribution is 0.756. The van der Waals surface area contributed by atoms with Crippen LogP contribution in [0.4, 0.5) is 0 Å². The van der Waals surface area contributed by atoms with Crippen LogP contribution < -0.4 is 0 Å². The molecule has 4 aromatic rings. The molecule has 2 nitrogen and oxygen atoms in total. The van der Waals surface area contributed by atoms with Crippen LogP contribution in [0.15, 0.2) is 60.7 Å². The van der Waals surface area contributed by atoms with Crippen LogP contribution in [0.25, 0.3) is 11.0 Å². The molecule has 1 heterocycles. The summed E-state index contributed by atoms with van der Waals surface area (Å²) in [5.74, 6) is 0.450. The quantitative estimate of drug-likeness (QED) is 0.329. The van der Waals surface area contributed by atoms with Gasteiger partial charge in [-0.05, 0) is 45.5 Å². The Kier molecular flexibility index (Phi) is 2.87. The summed E-state index contributed by atoms with van der Waals surface area (Å²) < 4.78 is 0. The van der Waals surface area contributed by atoms with E-state index in [1.54, 1.807) is 0 Å². The number of hydrogen-bond donors (Lipinski definition) is 0. The highest BCUT2D eigenvalue weighted by molar-refractivity contribution is 6.40. The van der Waals surface area contributed by atoms with Crippen LogP contribution in [0.2, 0.25) is 10.3 Å². The molecule has 0 radical (unpaired) electrons. The van der Waals surface area contributed by atoms with Crippen molar-refractivity contribution in [3.05, 3.63) is 104 Å². The molecule has 4 heteroatoms. The van der Waals surface area contributed by atoms with Gasteiger partial charge >= 0.3 is 0 Å². The molecule has 7 rings (SSSR count). The van der Waals surface area contributed by atoms with E-state index in [9.17, 15) is 0 Å². The third-order valence-corrected chi connectivity index (χ3v) is 6.27. The minimum absolute atomic E-state index is 0.225. The summed E-state index contributed by atoms with van der Waals surface area (Å²) in [4.78, 5) is 8.90. The summed E-state index contributed by atoms with van der Waals surface area (Å²) in [6, 6.07) is 21.8. The Labute approximate surface area is 160 Å². The van der Waals surface area contributed by atoms with Crippen LogP contribution >= 0.6 is 23.2 Å². The smallest absolute Gasteiger partial charge is 0.167 e. The molecule has 0 atom stereocenters. The Morgan fingerprint density at radius 2 is 0.885 bits per heavy atom. The lowest BCUT2D eigenvalue weighted by Crippen LogP contribution is -2.27. The van der Waals surface area contributed by atoms with Gasteiger partial charge < -0.3 is 0 Å². The third-order valence-electron chi connectivity index (χ3n) is 5.65. The van der Waals surface area contributed by atoms with Crippen LogP contribution in [0.3, 0.4) is 0 Å². The van der Waals surface area contributed by atoms with Gasteiger partial charge in [0.1, 0.15) is 0 Å². The largest absolute Gasteiger partial charge is 0.231 e. The molecule has 1 aromatic heterocycles. The Bertz CT molecular complexity index is 1090. The van der Waals surface area contributed by atoms with E-state index in [-0.39, 0.29) is 22.1 Å². The second kappa shape index (κ2) is 5.06. The van der Waals surface area contributed by atoms with Crippen LogP contribution in [0, 0.1) is 0 Å². The molecule has 3 aromatic carbocycles. The molecule has 0 fully saturated rings. The highest BCUT2D eigenvalue weighted by atomic mass is 35.5. The maximum absolute atomic E-state index is 6.11. The van der Waals surface area contributed by atoms with E-state index in [0.29, 0.717) is 0 Å². The van der Waals surface area contributed by atoms with Crippen LogP contribution in [-0.2, 0) is 0 Å². The molecule has 2 bridgehead atoms. The van der Waals surface area contributed by atoms with Gasteiger partial charge in [0.25, 0.3) is 0 Å². The van der Waals surface area contributed by atoms with Crippen molar-refractivity contribution in [3.8, 4) is 0 Å². The molecule has 124 valence electrons. The Balaban J connectivity index is 1.73. The number of benzene rings is 3. The molecule has 0 saturated heterocycles. The predicted molar refractivity (Wildman–Crippen MR) is 104 cm³/mol.